The minimum atomic E-state index is -5.93. The number of aliphatic hydroxyl groups excluding tert-OH is 10. The van der Waals surface area contributed by atoms with Crippen molar-refractivity contribution in [3.05, 3.63) is 0 Å². The van der Waals surface area contributed by atoms with Gasteiger partial charge in [0.2, 0.25) is 17.7 Å². The van der Waals surface area contributed by atoms with Crippen LogP contribution in [0, 0.1) is 0 Å². The zero-order valence-corrected chi connectivity index (χ0v) is 51.3. The Balaban J connectivity index is 1.38. The van der Waals surface area contributed by atoms with Gasteiger partial charge >= 0.3 is 59.5 Å². The fourth-order valence-corrected chi connectivity index (χ4v) is 12.3. The summed E-state index contributed by atoms with van der Waals surface area (Å²) in [6, 6.07) is -6.96. The van der Waals surface area contributed by atoms with Crippen molar-refractivity contribution in [2.24, 2.45) is 0 Å². The van der Waals surface area contributed by atoms with Crippen LogP contribution < -0.4 is 16.0 Å². The second-order valence-electron chi connectivity index (χ2n) is 21.1. The summed E-state index contributed by atoms with van der Waals surface area (Å²) in [6.07, 6.45) is -70.7. The summed E-state index contributed by atoms with van der Waals surface area (Å²) in [4.78, 5) is 76.3. The number of nitrogens with one attached hydrogen (secondary N) is 3. The molecule has 1 unspecified atom stereocenters. The lowest BCUT2D eigenvalue weighted by Crippen LogP contribution is -2.72. The van der Waals surface area contributed by atoms with Gasteiger partial charge in [0.05, 0.1) is 19.8 Å². The van der Waals surface area contributed by atoms with E-state index < -0.39 is 281 Å². The molecule has 6 rings (SSSR count). The molecule has 0 aromatic carbocycles. The van der Waals surface area contributed by atoms with Gasteiger partial charge in [0.25, 0.3) is 0 Å². The molecule has 49 nitrogen and oxygen atoms in total. The molecule has 0 saturated carbocycles. The van der Waals surface area contributed by atoms with Gasteiger partial charge in [-0.05, 0) is 0 Å². The first-order valence-electron chi connectivity index (χ1n) is 26.7. The molecule has 20 N–H and O–H groups in total. The molecule has 0 aromatic rings. The number of carbonyl (C=O) groups excluding carboxylic acids is 3. The highest BCUT2D eigenvalue weighted by Gasteiger charge is 2.62. The number of ether oxygens (including phenoxy) is 11. The van der Waals surface area contributed by atoms with Gasteiger partial charge in [-0.1, -0.05) is 0 Å². The van der Waals surface area contributed by atoms with Crippen LogP contribution in [0.15, 0.2) is 0 Å². The van der Waals surface area contributed by atoms with Crippen molar-refractivity contribution < 1.29 is 216 Å². The van der Waals surface area contributed by atoms with Crippen LogP contribution in [0.25, 0.3) is 0 Å². The third kappa shape index (κ3) is 20.1. The predicted octanol–water partition coefficient (Wildman–Crippen LogP) is -14.1. The van der Waals surface area contributed by atoms with E-state index in [2.05, 4.69) is 23.2 Å². The molecule has 30 atom stereocenters. The van der Waals surface area contributed by atoms with Gasteiger partial charge in [-0.2, -0.15) is 33.7 Å². The second kappa shape index (κ2) is 31.8. The van der Waals surface area contributed by atoms with Gasteiger partial charge in [-0.3, -0.25) is 32.6 Å². The number of hydrogen-bond donors (Lipinski definition) is 20. The monoisotopic (exact) mass is 1480 g/mol. The maximum Gasteiger partial charge on any atom is 0.397 e. The lowest BCUT2D eigenvalue weighted by atomic mass is 9.93. The summed E-state index contributed by atoms with van der Waals surface area (Å²) in [7, 11) is -23.1. The molecule has 0 bridgehead atoms. The number of aliphatic carboxylic acids is 3. The Labute approximate surface area is 532 Å². The zero-order valence-electron chi connectivity index (χ0n) is 48.0. The van der Waals surface area contributed by atoms with Gasteiger partial charge in [0.15, 0.2) is 56.1 Å². The summed E-state index contributed by atoms with van der Waals surface area (Å²) >= 11 is 0. The van der Waals surface area contributed by atoms with Crippen molar-refractivity contribution in [1.29, 1.82) is 0 Å². The zero-order chi connectivity index (χ0) is 71.6. The molecule has 6 aliphatic heterocycles. The molecule has 3 amide bonds. The average Bonchev–Trinajstić information content (AvgIpc) is 0.766. The highest BCUT2D eigenvalue weighted by Crippen LogP contribution is 2.39. The molecule has 548 valence electrons. The Kier molecular flexibility index (Phi) is 26.6. The molecule has 6 saturated heterocycles. The van der Waals surface area contributed by atoms with Crippen molar-refractivity contribution in [3.8, 4) is 0 Å². The van der Waals surface area contributed by atoms with Gasteiger partial charge in [0, 0.05) is 20.8 Å². The number of carboxylic acids is 3. The summed E-state index contributed by atoms with van der Waals surface area (Å²) in [5.41, 5.74) is 0. The Morgan fingerprint density at radius 3 is 1.00 bits per heavy atom. The van der Waals surface area contributed by atoms with E-state index in [1.807, 2.05) is 5.32 Å². The molecule has 6 aliphatic rings. The minimum absolute atomic E-state index is 0.675. The van der Waals surface area contributed by atoms with Gasteiger partial charge in [0.1, 0.15) is 128 Å². The normalized spacial score (nSPS) is 41.4. The van der Waals surface area contributed by atoms with Crippen LogP contribution in [0.2, 0.25) is 0 Å². The maximum absolute atomic E-state index is 13.2. The standard InChI is InChI=1S/C42H65N3O46S4/c1-7(48)43-13-26(23(89-93(68,69)70)10(4-46)78-37(13)64)81-41-21(56)18(53)29(32(87-41)35(60)61)84-38-14(44-8(2)49)27(24(11(5-47)79-38)90-94(71,72)73)82-42-22(57)19(54)30(33(88-42)36(62)63)85-39-15(45-9(3)50)28(83-40-20(55)16(51)17(52)31(86-40)34(58)59)25(91-95(74,75)76)12(80-39)6-77-92(65,66)67/h10-33,37-42,46-47,51-57,64H,4-6H2,1-3H3,(H,43,48)(H,44,49)(H,45,50)(H,58,59)(H,60,61)(H,62,63)(H,65,66,67)(H,68,69,70)(H,71,72,73)(H,74,75,76)/t10-,11-,12-,13-,14-,15-,16+,17+,18-,19-,20-,21-,22-,23+,24+,25+,26-,27-,28-,29+,30+,31+,32+,33+,37?,38+,39+,40-,41-,42-/m1/s1. The van der Waals surface area contributed by atoms with E-state index in [-0.39, 0.29) is 0 Å². The molecule has 0 aliphatic carbocycles. The number of carbonyl (C=O) groups is 6. The molecule has 0 radical (unpaired) electrons. The second-order valence-corrected chi connectivity index (χ2v) is 25.3. The van der Waals surface area contributed by atoms with E-state index in [9.17, 15) is 147 Å². The van der Waals surface area contributed by atoms with E-state index in [4.69, 9.17) is 56.3 Å². The van der Waals surface area contributed by atoms with E-state index in [0.29, 0.717) is 13.8 Å². The van der Waals surface area contributed by atoms with Crippen LogP contribution in [0.5, 0.6) is 0 Å². The fraction of sp³-hybridized carbons (Fsp3) is 0.857. The molecule has 95 heavy (non-hydrogen) atoms. The summed E-state index contributed by atoms with van der Waals surface area (Å²) in [5, 5.41) is 146. The molecule has 0 aromatic heterocycles. The first kappa shape index (κ1) is 79.4. The number of amides is 3. The Morgan fingerprint density at radius 2 is 0.663 bits per heavy atom. The van der Waals surface area contributed by atoms with Crippen LogP contribution in [0.4, 0.5) is 0 Å². The minimum Gasteiger partial charge on any atom is -0.479 e. The fourth-order valence-electron chi connectivity index (χ4n) is 10.5. The van der Waals surface area contributed by atoms with E-state index in [1.165, 1.54) is 0 Å². The van der Waals surface area contributed by atoms with Crippen molar-refractivity contribution in [3.63, 3.8) is 0 Å². The Hall–Kier alpha value is -4.54. The highest BCUT2D eigenvalue weighted by atomic mass is 32.3. The molecular formula is C42H65N3O46S4. The number of rotatable bonds is 27. The number of carboxylic acid groups (broad SMARTS) is 3. The van der Waals surface area contributed by atoms with Gasteiger partial charge in [-0.15, -0.1) is 0 Å². The van der Waals surface area contributed by atoms with E-state index in [0.717, 1.165) is 6.92 Å². The molecule has 53 heteroatoms. The van der Waals surface area contributed by atoms with Crippen LogP contribution in [-0.4, -0.2) is 358 Å². The largest absolute Gasteiger partial charge is 0.479 e. The van der Waals surface area contributed by atoms with Crippen molar-refractivity contribution in [2.45, 2.75) is 205 Å². The summed E-state index contributed by atoms with van der Waals surface area (Å²) < 4.78 is 215. The number of aliphatic hydroxyl groups is 10. The lowest BCUT2D eigenvalue weighted by molar-refractivity contribution is -0.375. The third-order valence-corrected chi connectivity index (χ3v) is 16.2. The summed E-state index contributed by atoms with van der Waals surface area (Å²) in [6.45, 7) is -2.31. The molecule has 0 spiro atoms. The average molecular weight is 1480 g/mol. The van der Waals surface area contributed by atoms with Crippen molar-refractivity contribution >= 4 is 77.2 Å². The van der Waals surface area contributed by atoms with E-state index >= 15 is 0 Å². The van der Waals surface area contributed by atoms with Crippen LogP contribution >= 0.6 is 0 Å². The SMILES string of the molecule is CC(=O)N[C@H]1[C@H](O[C@H]2[C@H](O)[C@@H](O)[C@H](O[C@@H]3[C@@H](NC(C)=O)[C@H](O[C@H]4[C@H](O)[C@@H](O)[C@H](O[C@H]5[C@@H](OS(=O)(=O)O)[C@@H](CO)OC(O)[C@@H]5NC(C)=O)O[C@@H]4C(=O)O)O[C@H](CO)[C@@H]3OS(=O)(=O)O)O[C@@H]2C(=O)O)O[C@H](COS(=O)(=O)O)[C@H](OS(=O)(=O)O)[C@@H]1O[C@@H]1O[C@H](C(=O)O)[C@@H](O)[C@H](O)[C@H]1O. The van der Waals surface area contributed by atoms with Crippen LogP contribution in [0.1, 0.15) is 20.8 Å². The van der Waals surface area contributed by atoms with Crippen LogP contribution in [0.3, 0.4) is 0 Å². The maximum atomic E-state index is 13.2. The Bertz CT molecular complexity index is 3190. The smallest absolute Gasteiger partial charge is 0.397 e. The Morgan fingerprint density at radius 1 is 0.358 bits per heavy atom. The number of hydrogen-bond acceptors (Lipinski definition) is 39. The molecular weight excluding hydrogens is 1410 g/mol. The topological polar surface area (TPSA) is 757 Å². The predicted molar refractivity (Wildman–Crippen MR) is 277 cm³/mol. The van der Waals surface area contributed by atoms with Crippen molar-refractivity contribution in [1.82, 2.24) is 16.0 Å². The lowest BCUT2D eigenvalue weighted by Gasteiger charge is -2.51. The van der Waals surface area contributed by atoms with Crippen LogP contribution in [-0.2, 0) is 139 Å². The molecule has 6 heterocycles. The highest BCUT2D eigenvalue weighted by molar-refractivity contribution is 7.81. The quantitative estimate of drug-likeness (QED) is 0.0340. The first-order chi connectivity index (χ1) is 43.8. The van der Waals surface area contributed by atoms with Gasteiger partial charge in [-0.25, -0.2) is 31.1 Å². The first-order valence-corrected chi connectivity index (χ1v) is 32.2. The van der Waals surface area contributed by atoms with Gasteiger partial charge < -0.3 is 134 Å². The van der Waals surface area contributed by atoms with E-state index in [1.54, 1.807) is 0 Å². The third-order valence-electron chi connectivity index (χ3n) is 14.4. The molecule has 6 fully saturated rings. The summed E-state index contributed by atoms with van der Waals surface area (Å²) in [5.74, 6) is -10.2. The van der Waals surface area contributed by atoms with Crippen molar-refractivity contribution in [2.75, 3.05) is 19.8 Å².